The Kier molecular flexibility index (Phi) is 7.57. The molecule has 0 heterocycles. The van der Waals surface area contributed by atoms with E-state index < -0.39 is 0 Å². The molecule has 1 saturated carbocycles. The number of carbonyl (C=O) groups excluding carboxylic acids is 1. The van der Waals surface area contributed by atoms with Crippen LogP contribution in [0.2, 0.25) is 0 Å². The molecule has 2 atom stereocenters. The minimum atomic E-state index is 0.322. The van der Waals surface area contributed by atoms with Gasteiger partial charge in [0.05, 0.1) is 0 Å². The molecular weight excluding hydrogens is 222 g/mol. The van der Waals surface area contributed by atoms with E-state index in [1.165, 1.54) is 38.8 Å². The maximum Gasteiger partial charge on any atom is 0.137 e. The highest BCUT2D eigenvalue weighted by molar-refractivity contribution is 5.81. The number of rotatable bonds is 8. The molecule has 0 radical (unpaired) electrons. The molecule has 0 aromatic rings. The molecule has 0 amide bonds. The summed E-state index contributed by atoms with van der Waals surface area (Å²) >= 11 is 0. The van der Waals surface area contributed by atoms with Crippen LogP contribution in [0.3, 0.4) is 0 Å². The highest BCUT2D eigenvalue weighted by Gasteiger charge is 2.27. The number of carbonyl (C=O) groups is 1. The van der Waals surface area contributed by atoms with Gasteiger partial charge in [0.1, 0.15) is 5.78 Å². The molecular formula is C16H31NO. The van der Waals surface area contributed by atoms with E-state index in [0.29, 0.717) is 11.7 Å². The Hall–Kier alpha value is -0.370. The van der Waals surface area contributed by atoms with E-state index in [9.17, 15) is 4.79 Å². The van der Waals surface area contributed by atoms with Gasteiger partial charge >= 0.3 is 0 Å². The van der Waals surface area contributed by atoms with Gasteiger partial charge in [-0.1, -0.05) is 33.6 Å². The topological polar surface area (TPSA) is 20.3 Å². The molecule has 0 aromatic heterocycles. The Balaban J connectivity index is 2.43. The van der Waals surface area contributed by atoms with Crippen LogP contribution in [-0.4, -0.2) is 30.3 Å². The lowest BCUT2D eigenvalue weighted by Gasteiger charge is -2.31. The standard InChI is InChI=1S/C16H31NO/c1-4-6-10-17(11-7-5-2)13-15-12-14(3)8-9-16(15)18/h14-15H,4-13H2,1-3H3. The molecule has 1 rings (SSSR count). The van der Waals surface area contributed by atoms with Gasteiger partial charge in [-0.05, 0) is 44.7 Å². The molecule has 2 nitrogen and oxygen atoms in total. The summed E-state index contributed by atoms with van der Waals surface area (Å²) in [7, 11) is 0. The monoisotopic (exact) mass is 253 g/mol. The summed E-state index contributed by atoms with van der Waals surface area (Å²) < 4.78 is 0. The van der Waals surface area contributed by atoms with E-state index in [1.807, 2.05) is 0 Å². The van der Waals surface area contributed by atoms with Crippen molar-refractivity contribution in [3.8, 4) is 0 Å². The second kappa shape index (κ2) is 8.68. The van der Waals surface area contributed by atoms with E-state index in [-0.39, 0.29) is 0 Å². The maximum absolute atomic E-state index is 12.0. The molecule has 2 unspecified atom stereocenters. The summed E-state index contributed by atoms with van der Waals surface area (Å²) in [6.45, 7) is 10.1. The molecule has 18 heavy (non-hydrogen) atoms. The van der Waals surface area contributed by atoms with Crippen molar-refractivity contribution in [2.24, 2.45) is 11.8 Å². The molecule has 0 aliphatic heterocycles. The second-order valence-corrected chi connectivity index (χ2v) is 6.05. The number of unbranched alkanes of at least 4 members (excludes halogenated alkanes) is 2. The summed E-state index contributed by atoms with van der Waals surface area (Å²) in [6, 6.07) is 0. The third-order valence-corrected chi connectivity index (χ3v) is 4.16. The van der Waals surface area contributed by atoms with Crippen LogP contribution in [0.15, 0.2) is 0 Å². The van der Waals surface area contributed by atoms with Gasteiger partial charge in [0.2, 0.25) is 0 Å². The largest absolute Gasteiger partial charge is 0.303 e. The Labute approximate surface area is 113 Å². The first-order chi connectivity index (χ1) is 8.67. The zero-order valence-electron chi connectivity index (χ0n) is 12.6. The van der Waals surface area contributed by atoms with Crippen molar-refractivity contribution in [1.82, 2.24) is 4.90 Å². The van der Waals surface area contributed by atoms with Crippen molar-refractivity contribution < 1.29 is 4.79 Å². The second-order valence-electron chi connectivity index (χ2n) is 6.05. The van der Waals surface area contributed by atoms with Gasteiger partial charge in [-0.15, -0.1) is 0 Å². The summed E-state index contributed by atoms with van der Waals surface area (Å²) in [5.74, 6) is 1.58. The number of ketones is 1. The van der Waals surface area contributed by atoms with E-state index in [1.54, 1.807) is 0 Å². The Morgan fingerprint density at radius 2 is 1.78 bits per heavy atom. The van der Waals surface area contributed by atoms with Crippen LogP contribution in [0.1, 0.15) is 65.7 Å². The van der Waals surface area contributed by atoms with Crippen LogP contribution < -0.4 is 0 Å². The summed E-state index contributed by atoms with van der Waals surface area (Å²) in [6.07, 6.45) is 8.07. The Morgan fingerprint density at radius 3 is 2.33 bits per heavy atom. The van der Waals surface area contributed by atoms with Crippen molar-refractivity contribution in [1.29, 1.82) is 0 Å². The number of hydrogen-bond acceptors (Lipinski definition) is 2. The fourth-order valence-corrected chi connectivity index (χ4v) is 2.87. The van der Waals surface area contributed by atoms with E-state index in [0.717, 1.165) is 31.7 Å². The van der Waals surface area contributed by atoms with Crippen molar-refractivity contribution in [2.45, 2.75) is 65.7 Å². The summed E-state index contributed by atoms with van der Waals surface area (Å²) in [4.78, 5) is 14.5. The molecule has 1 fully saturated rings. The first kappa shape index (κ1) is 15.7. The smallest absolute Gasteiger partial charge is 0.137 e. The average Bonchev–Trinajstić information content (AvgIpc) is 2.37. The zero-order chi connectivity index (χ0) is 13.4. The Morgan fingerprint density at radius 1 is 1.17 bits per heavy atom. The van der Waals surface area contributed by atoms with Crippen LogP contribution in [0.4, 0.5) is 0 Å². The molecule has 0 bridgehead atoms. The van der Waals surface area contributed by atoms with E-state index in [2.05, 4.69) is 25.7 Å². The van der Waals surface area contributed by atoms with E-state index in [4.69, 9.17) is 0 Å². The molecule has 2 heteroatoms. The van der Waals surface area contributed by atoms with Gasteiger partial charge < -0.3 is 4.90 Å². The minimum Gasteiger partial charge on any atom is -0.303 e. The van der Waals surface area contributed by atoms with Gasteiger partial charge in [0.25, 0.3) is 0 Å². The van der Waals surface area contributed by atoms with Crippen molar-refractivity contribution in [2.75, 3.05) is 19.6 Å². The normalized spacial score (nSPS) is 24.8. The van der Waals surface area contributed by atoms with Crippen LogP contribution in [0.25, 0.3) is 0 Å². The summed E-state index contributed by atoms with van der Waals surface area (Å²) in [5.41, 5.74) is 0. The molecule has 106 valence electrons. The first-order valence-electron chi connectivity index (χ1n) is 7.92. The quantitative estimate of drug-likeness (QED) is 0.654. The minimum absolute atomic E-state index is 0.322. The lowest BCUT2D eigenvalue weighted by molar-refractivity contribution is -0.126. The average molecular weight is 253 g/mol. The first-order valence-corrected chi connectivity index (χ1v) is 7.92. The predicted octanol–water partition coefficient (Wildman–Crippen LogP) is 3.89. The Bertz CT molecular complexity index is 231. The van der Waals surface area contributed by atoms with Crippen molar-refractivity contribution in [3.63, 3.8) is 0 Å². The molecule has 0 spiro atoms. The maximum atomic E-state index is 12.0. The van der Waals surface area contributed by atoms with E-state index >= 15 is 0 Å². The van der Waals surface area contributed by atoms with Crippen LogP contribution in [-0.2, 0) is 4.79 Å². The SMILES string of the molecule is CCCCN(CCCC)CC1CC(C)CCC1=O. The van der Waals surface area contributed by atoms with Gasteiger partial charge in [0.15, 0.2) is 0 Å². The highest BCUT2D eigenvalue weighted by atomic mass is 16.1. The lowest BCUT2D eigenvalue weighted by Crippen LogP contribution is -2.37. The van der Waals surface area contributed by atoms with Crippen LogP contribution >= 0.6 is 0 Å². The molecule has 0 N–H and O–H groups in total. The highest BCUT2D eigenvalue weighted by Crippen LogP contribution is 2.26. The summed E-state index contributed by atoms with van der Waals surface area (Å²) in [5, 5.41) is 0. The lowest BCUT2D eigenvalue weighted by atomic mass is 9.81. The number of Topliss-reactive ketones (excluding diaryl/α,β-unsaturated/α-hetero) is 1. The third kappa shape index (κ3) is 5.51. The molecule has 1 aliphatic carbocycles. The van der Waals surface area contributed by atoms with Gasteiger partial charge in [-0.25, -0.2) is 0 Å². The van der Waals surface area contributed by atoms with Gasteiger partial charge in [0, 0.05) is 18.9 Å². The molecule has 0 aromatic carbocycles. The molecule has 1 aliphatic rings. The zero-order valence-corrected chi connectivity index (χ0v) is 12.6. The van der Waals surface area contributed by atoms with Crippen molar-refractivity contribution >= 4 is 5.78 Å². The van der Waals surface area contributed by atoms with Gasteiger partial charge in [-0.3, -0.25) is 4.79 Å². The van der Waals surface area contributed by atoms with Crippen LogP contribution in [0, 0.1) is 11.8 Å². The number of hydrogen-bond donors (Lipinski definition) is 0. The molecule has 0 saturated heterocycles. The predicted molar refractivity (Wildman–Crippen MR) is 77.8 cm³/mol. The fourth-order valence-electron chi connectivity index (χ4n) is 2.87. The van der Waals surface area contributed by atoms with Crippen molar-refractivity contribution in [3.05, 3.63) is 0 Å². The van der Waals surface area contributed by atoms with Crippen LogP contribution in [0.5, 0.6) is 0 Å². The number of nitrogens with zero attached hydrogens (tertiary/aromatic N) is 1. The fraction of sp³-hybridized carbons (Fsp3) is 0.938. The third-order valence-electron chi connectivity index (χ3n) is 4.16. The van der Waals surface area contributed by atoms with Gasteiger partial charge in [-0.2, -0.15) is 0 Å².